The van der Waals surface area contributed by atoms with E-state index in [2.05, 4.69) is 46.9 Å². The number of hydrogen-bond donors (Lipinski definition) is 2. The van der Waals surface area contributed by atoms with Crippen LogP contribution in [0, 0.1) is 19.8 Å². The normalized spacial score (nSPS) is 24.0. The van der Waals surface area contributed by atoms with Crippen LogP contribution in [0.2, 0.25) is 0 Å². The van der Waals surface area contributed by atoms with Crippen LogP contribution >= 0.6 is 11.3 Å². The van der Waals surface area contributed by atoms with Crippen molar-refractivity contribution in [3.05, 3.63) is 52.0 Å². The lowest BCUT2D eigenvalue weighted by molar-refractivity contribution is 0.0932. The first kappa shape index (κ1) is 17.0. The van der Waals surface area contributed by atoms with Crippen molar-refractivity contribution in [2.24, 2.45) is 5.92 Å². The molecule has 1 aromatic carbocycles. The molecule has 3 atom stereocenters. The summed E-state index contributed by atoms with van der Waals surface area (Å²) in [7, 11) is 0. The zero-order valence-electron chi connectivity index (χ0n) is 15.7. The molecule has 140 valence electrons. The number of nitrogens with one attached hydrogen (secondary N) is 2. The van der Waals surface area contributed by atoms with E-state index >= 15 is 0 Å². The molecule has 6 heteroatoms. The molecule has 0 spiro atoms. The maximum absolute atomic E-state index is 12.8. The number of thiophene rings is 1. The van der Waals surface area contributed by atoms with Crippen molar-refractivity contribution in [1.82, 2.24) is 20.4 Å². The molecule has 1 aliphatic carbocycles. The van der Waals surface area contributed by atoms with Crippen LogP contribution in [0.25, 0.3) is 10.2 Å². The fourth-order valence-electron chi connectivity index (χ4n) is 4.45. The topological polar surface area (TPSA) is 59.0 Å². The highest BCUT2D eigenvalue weighted by atomic mass is 32.1. The van der Waals surface area contributed by atoms with Crippen LogP contribution < -0.4 is 10.6 Å². The van der Waals surface area contributed by atoms with E-state index in [1.54, 1.807) is 11.3 Å². The SMILES string of the molecule is Cc1ccc(Cn2nc(C)c3cc(C(=O)NC4CC5CNC4C5)sc32)cc1. The van der Waals surface area contributed by atoms with Crippen molar-refractivity contribution in [2.75, 3.05) is 6.54 Å². The second kappa shape index (κ2) is 6.46. The molecule has 3 heterocycles. The molecule has 2 fully saturated rings. The summed E-state index contributed by atoms with van der Waals surface area (Å²) in [5.41, 5.74) is 3.46. The number of benzene rings is 1. The lowest BCUT2D eigenvalue weighted by Gasteiger charge is -2.23. The zero-order chi connectivity index (χ0) is 18.5. The Morgan fingerprint density at radius 3 is 2.81 bits per heavy atom. The van der Waals surface area contributed by atoms with Crippen LogP contribution in [-0.4, -0.2) is 34.3 Å². The third kappa shape index (κ3) is 3.07. The predicted molar refractivity (Wildman–Crippen MR) is 108 cm³/mol. The van der Waals surface area contributed by atoms with Gasteiger partial charge in [0, 0.05) is 17.5 Å². The maximum atomic E-state index is 12.8. The number of amides is 1. The van der Waals surface area contributed by atoms with E-state index in [-0.39, 0.29) is 11.9 Å². The zero-order valence-corrected chi connectivity index (χ0v) is 16.5. The molecule has 5 nitrogen and oxygen atoms in total. The lowest BCUT2D eigenvalue weighted by Crippen LogP contribution is -2.47. The average molecular weight is 381 g/mol. The van der Waals surface area contributed by atoms with Crippen LogP contribution in [-0.2, 0) is 6.54 Å². The van der Waals surface area contributed by atoms with Gasteiger partial charge in [-0.2, -0.15) is 5.10 Å². The van der Waals surface area contributed by atoms with Gasteiger partial charge in [0.15, 0.2) is 0 Å². The number of fused-ring (bicyclic) bond motifs is 3. The van der Waals surface area contributed by atoms with Gasteiger partial charge < -0.3 is 10.6 Å². The van der Waals surface area contributed by atoms with E-state index in [1.807, 2.05) is 17.7 Å². The molecule has 3 aromatic rings. The van der Waals surface area contributed by atoms with Crippen LogP contribution in [0.3, 0.4) is 0 Å². The molecule has 2 bridgehead atoms. The van der Waals surface area contributed by atoms with Gasteiger partial charge in [-0.1, -0.05) is 29.8 Å². The standard InChI is InChI=1S/C21H24N4OS/c1-12-3-5-14(6-4-12)11-25-21-16(13(2)24-25)9-19(27-21)20(26)23-18-8-15-7-17(18)22-10-15/h3-6,9,15,17-18,22H,7-8,10-11H2,1-2H3,(H,23,26). The van der Waals surface area contributed by atoms with E-state index in [4.69, 9.17) is 0 Å². The average Bonchev–Trinajstić information content (AvgIpc) is 3.41. The monoisotopic (exact) mass is 380 g/mol. The molecule has 2 aromatic heterocycles. The molecule has 3 unspecified atom stereocenters. The third-order valence-corrected chi connectivity index (χ3v) is 7.08. The number of rotatable bonds is 4. The van der Waals surface area contributed by atoms with E-state index in [1.165, 1.54) is 17.5 Å². The molecule has 0 radical (unpaired) electrons. The summed E-state index contributed by atoms with van der Waals surface area (Å²) in [6, 6.07) is 11.3. The Balaban J connectivity index is 1.38. The highest BCUT2D eigenvalue weighted by Crippen LogP contribution is 2.32. The number of piperidine rings is 1. The summed E-state index contributed by atoms with van der Waals surface area (Å²) in [6.45, 7) is 5.94. The van der Waals surface area contributed by atoms with Gasteiger partial charge in [-0.3, -0.25) is 9.48 Å². The summed E-state index contributed by atoms with van der Waals surface area (Å²) in [6.07, 6.45) is 2.30. The molecule has 2 aliphatic rings. The predicted octanol–water partition coefficient (Wildman–Crippen LogP) is 3.24. The number of carbonyl (C=O) groups excluding carboxylic acids is 1. The molecular formula is C21H24N4OS. The Labute approximate surface area is 162 Å². The first-order chi connectivity index (χ1) is 13.1. The van der Waals surface area contributed by atoms with E-state index in [0.29, 0.717) is 6.04 Å². The lowest BCUT2D eigenvalue weighted by atomic mass is 10.1. The Hall–Kier alpha value is -2.18. The van der Waals surface area contributed by atoms with Gasteiger partial charge in [-0.05, 0) is 50.8 Å². The number of nitrogens with zero attached hydrogens (tertiary/aromatic N) is 2. The van der Waals surface area contributed by atoms with Gasteiger partial charge in [0.2, 0.25) is 0 Å². The fraction of sp³-hybridized carbons (Fsp3) is 0.429. The van der Waals surface area contributed by atoms with Crippen LogP contribution in [0.5, 0.6) is 0 Å². The molecule has 5 rings (SSSR count). The fourth-order valence-corrected chi connectivity index (χ4v) is 5.51. The minimum absolute atomic E-state index is 0.0526. The number of aromatic nitrogens is 2. The van der Waals surface area contributed by atoms with Gasteiger partial charge in [0.25, 0.3) is 5.91 Å². The third-order valence-electron chi connectivity index (χ3n) is 5.93. The molecule has 1 amide bonds. The second-order valence-corrected chi connectivity index (χ2v) is 9.02. The number of aryl methyl sites for hydroxylation is 2. The summed E-state index contributed by atoms with van der Waals surface area (Å²) in [5, 5.41) is 12.5. The van der Waals surface area contributed by atoms with Gasteiger partial charge in [0.1, 0.15) is 4.83 Å². The van der Waals surface area contributed by atoms with Gasteiger partial charge in [-0.25, -0.2) is 0 Å². The summed E-state index contributed by atoms with van der Waals surface area (Å²) < 4.78 is 2.02. The highest BCUT2D eigenvalue weighted by Gasteiger charge is 2.40. The molecular weight excluding hydrogens is 356 g/mol. The number of carbonyl (C=O) groups is 1. The van der Waals surface area contributed by atoms with Crippen LogP contribution in [0.1, 0.15) is 39.3 Å². The smallest absolute Gasteiger partial charge is 0.261 e. The van der Waals surface area contributed by atoms with Gasteiger partial charge in [-0.15, -0.1) is 11.3 Å². The van der Waals surface area contributed by atoms with Crippen molar-refractivity contribution < 1.29 is 4.79 Å². The van der Waals surface area contributed by atoms with Crippen molar-refractivity contribution in [1.29, 1.82) is 0 Å². The molecule has 1 aliphatic heterocycles. The van der Waals surface area contributed by atoms with Gasteiger partial charge in [0.05, 0.1) is 17.1 Å². The van der Waals surface area contributed by atoms with E-state index < -0.39 is 0 Å². The Morgan fingerprint density at radius 2 is 2.11 bits per heavy atom. The summed E-state index contributed by atoms with van der Waals surface area (Å²) in [5.74, 6) is 0.782. The molecule has 1 saturated carbocycles. The van der Waals surface area contributed by atoms with Crippen LogP contribution in [0.4, 0.5) is 0 Å². The second-order valence-electron chi connectivity index (χ2n) is 7.99. The molecule has 1 saturated heterocycles. The van der Waals surface area contributed by atoms with E-state index in [9.17, 15) is 4.79 Å². The summed E-state index contributed by atoms with van der Waals surface area (Å²) >= 11 is 1.55. The molecule has 2 N–H and O–H groups in total. The quantitative estimate of drug-likeness (QED) is 0.731. The van der Waals surface area contributed by atoms with Crippen molar-refractivity contribution >= 4 is 27.5 Å². The first-order valence-corrected chi connectivity index (χ1v) is 10.5. The Kier molecular flexibility index (Phi) is 4.06. The largest absolute Gasteiger partial charge is 0.347 e. The minimum atomic E-state index is 0.0526. The van der Waals surface area contributed by atoms with Crippen molar-refractivity contribution in [2.45, 2.75) is 45.3 Å². The number of hydrogen-bond acceptors (Lipinski definition) is 4. The highest BCUT2D eigenvalue weighted by molar-refractivity contribution is 7.20. The van der Waals surface area contributed by atoms with Gasteiger partial charge >= 0.3 is 0 Å². The first-order valence-electron chi connectivity index (χ1n) is 9.63. The van der Waals surface area contributed by atoms with E-state index in [0.717, 1.165) is 46.2 Å². The Morgan fingerprint density at radius 1 is 1.30 bits per heavy atom. The van der Waals surface area contributed by atoms with Crippen molar-refractivity contribution in [3.63, 3.8) is 0 Å². The van der Waals surface area contributed by atoms with Crippen LogP contribution in [0.15, 0.2) is 30.3 Å². The summed E-state index contributed by atoms with van der Waals surface area (Å²) in [4.78, 5) is 14.7. The minimum Gasteiger partial charge on any atom is -0.347 e. The maximum Gasteiger partial charge on any atom is 0.261 e. The molecule has 27 heavy (non-hydrogen) atoms. The van der Waals surface area contributed by atoms with Crippen molar-refractivity contribution in [3.8, 4) is 0 Å². The Bertz CT molecular complexity index is 1000.